The first-order valence-corrected chi connectivity index (χ1v) is 9.68. The molecule has 8 nitrogen and oxygen atoms in total. The van der Waals surface area contributed by atoms with Crippen molar-refractivity contribution >= 4 is 11.9 Å². The minimum atomic E-state index is -0.163. The molecule has 1 aliphatic carbocycles. The van der Waals surface area contributed by atoms with Gasteiger partial charge in [0.05, 0.1) is 12.2 Å². The maximum absolute atomic E-state index is 12.2. The zero-order chi connectivity index (χ0) is 18.7. The number of amides is 3. The SMILES string of the molecule is CCNC(=O)N1CCC2(CCC2n2cc(C(=O)NCC(C)C)nn2)CC1. The van der Waals surface area contributed by atoms with Crippen molar-refractivity contribution < 1.29 is 9.59 Å². The van der Waals surface area contributed by atoms with Gasteiger partial charge in [0.1, 0.15) is 0 Å². The largest absolute Gasteiger partial charge is 0.350 e. The van der Waals surface area contributed by atoms with E-state index in [-0.39, 0.29) is 23.4 Å². The van der Waals surface area contributed by atoms with E-state index in [1.165, 1.54) is 0 Å². The van der Waals surface area contributed by atoms with Gasteiger partial charge < -0.3 is 15.5 Å². The van der Waals surface area contributed by atoms with Gasteiger partial charge in [0.2, 0.25) is 0 Å². The Morgan fingerprint density at radius 3 is 2.58 bits per heavy atom. The Morgan fingerprint density at radius 1 is 1.27 bits per heavy atom. The smallest absolute Gasteiger partial charge is 0.317 e. The average molecular weight is 362 g/mol. The third kappa shape index (κ3) is 3.68. The highest BCUT2D eigenvalue weighted by molar-refractivity contribution is 5.91. The molecule has 3 rings (SSSR count). The number of carbonyl (C=O) groups excluding carboxylic acids is 2. The van der Waals surface area contributed by atoms with Gasteiger partial charge in [0, 0.05) is 26.2 Å². The number of hydrogen-bond acceptors (Lipinski definition) is 4. The summed E-state index contributed by atoms with van der Waals surface area (Å²) in [5.41, 5.74) is 0.565. The van der Waals surface area contributed by atoms with Crippen LogP contribution in [0.2, 0.25) is 0 Å². The first-order chi connectivity index (χ1) is 12.4. The third-order valence-electron chi connectivity index (χ3n) is 5.73. The molecule has 1 unspecified atom stereocenters. The Kier molecular flexibility index (Phi) is 5.48. The van der Waals surface area contributed by atoms with Gasteiger partial charge in [-0.25, -0.2) is 9.48 Å². The number of nitrogens with one attached hydrogen (secondary N) is 2. The van der Waals surface area contributed by atoms with Crippen molar-refractivity contribution in [3.63, 3.8) is 0 Å². The number of likely N-dealkylation sites (tertiary alicyclic amines) is 1. The maximum atomic E-state index is 12.2. The first-order valence-electron chi connectivity index (χ1n) is 9.68. The average Bonchev–Trinajstić information content (AvgIpc) is 3.08. The fourth-order valence-electron chi connectivity index (χ4n) is 4.02. The van der Waals surface area contributed by atoms with Crippen molar-refractivity contribution in [2.24, 2.45) is 11.3 Å². The van der Waals surface area contributed by atoms with E-state index in [9.17, 15) is 9.59 Å². The maximum Gasteiger partial charge on any atom is 0.317 e. The molecule has 2 heterocycles. The second-order valence-corrected chi connectivity index (χ2v) is 7.93. The fourth-order valence-corrected chi connectivity index (χ4v) is 4.02. The van der Waals surface area contributed by atoms with Gasteiger partial charge in [0.25, 0.3) is 5.91 Å². The molecule has 1 spiro atoms. The summed E-state index contributed by atoms with van der Waals surface area (Å²) in [7, 11) is 0. The highest BCUT2D eigenvalue weighted by Crippen LogP contribution is 2.56. The van der Waals surface area contributed by atoms with Crippen molar-refractivity contribution in [1.29, 1.82) is 0 Å². The molecule has 1 aromatic rings. The standard InChI is InChI=1S/C18H30N6O2/c1-4-19-17(26)23-9-7-18(8-10-23)6-5-15(18)24-12-14(21-22-24)16(25)20-11-13(2)3/h12-13,15H,4-11H2,1-3H3,(H,19,26)(H,20,25). The van der Waals surface area contributed by atoms with Crippen LogP contribution in [0.3, 0.4) is 0 Å². The van der Waals surface area contributed by atoms with Gasteiger partial charge in [-0.3, -0.25) is 4.79 Å². The molecule has 0 bridgehead atoms. The van der Waals surface area contributed by atoms with E-state index in [4.69, 9.17) is 0 Å². The summed E-state index contributed by atoms with van der Waals surface area (Å²) >= 11 is 0. The quantitative estimate of drug-likeness (QED) is 0.835. The Labute approximate surface area is 154 Å². The summed E-state index contributed by atoms with van der Waals surface area (Å²) in [6, 6.07) is 0.307. The van der Waals surface area contributed by atoms with Crippen LogP contribution in [0.15, 0.2) is 6.20 Å². The van der Waals surface area contributed by atoms with Crippen molar-refractivity contribution in [2.75, 3.05) is 26.2 Å². The Morgan fingerprint density at radius 2 is 2.00 bits per heavy atom. The molecular formula is C18H30N6O2. The molecule has 2 aliphatic rings. The van der Waals surface area contributed by atoms with E-state index in [2.05, 4.69) is 34.8 Å². The Hall–Kier alpha value is -2.12. The summed E-state index contributed by atoms with van der Waals surface area (Å²) in [5.74, 6) is 0.239. The van der Waals surface area contributed by atoms with Crippen LogP contribution in [0.25, 0.3) is 0 Å². The number of carbonyl (C=O) groups is 2. The number of urea groups is 1. The topological polar surface area (TPSA) is 92.2 Å². The lowest BCUT2D eigenvalue weighted by atomic mass is 9.59. The molecule has 2 fully saturated rings. The van der Waals surface area contributed by atoms with Crippen molar-refractivity contribution in [3.8, 4) is 0 Å². The highest BCUT2D eigenvalue weighted by atomic mass is 16.2. The highest BCUT2D eigenvalue weighted by Gasteiger charge is 2.50. The summed E-state index contributed by atoms with van der Waals surface area (Å²) in [5, 5.41) is 14.1. The van der Waals surface area contributed by atoms with Gasteiger partial charge in [0.15, 0.2) is 5.69 Å². The van der Waals surface area contributed by atoms with Crippen molar-refractivity contribution in [2.45, 2.75) is 52.5 Å². The predicted molar refractivity (Wildman–Crippen MR) is 97.8 cm³/mol. The van der Waals surface area contributed by atoms with E-state index in [0.717, 1.165) is 38.8 Å². The van der Waals surface area contributed by atoms with Crippen LogP contribution in [0.5, 0.6) is 0 Å². The molecule has 0 radical (unpaired) electrons. The van der Waals surface area contributed by atoms with Crippen molar-refractivity contribution in [3.05, 3.63) is 11.9 Å². The van der Waals surface area contributed by atoms with E-state index in [1.54, 1.807) is 6.20 Å². The zero-order valence-electron chi connectivity index (χ0n) is 16.0. The molecule has 26 heavy (non-hydrogen) atoms. The molecule has 1 saturated heterocycles. The Balaban J connectivity index is 1.59. The fraction of sp³-hybridized carbons (Fsp3) is 0.778. The van der Waals surface area contributed by atoms with Gasteiger partial charge in [-0.1, -0.05) is 19.1 Å². The normalized spacial score (nSPS) is 21.5. The number of rotatable bonds is 5. The van der Waals surface area contributed by atoms with E-state index in [1.807, 2.05) is 16.5 Å². The second kappa shape index (κ2) is 7.63. The lowest BCUT2D eigenvalue weighted by molar-refractivity contribution is -0.0228. The minimum Gasteiger partial charge on any atom is -0.350 e. The molecule has 2 N–H and O–H groups in total. The molecule has 144 valence electrons. The minimum absolute atomic E-state index is 0.0306. The molecule has 0 aromatic carbocycles. The summed E-state index contributed by atoms with van der Waals surface area (Å²) in [6.45, 7) is 8.89. The van der Waals surface area contributed by atoms with Gasteiger partial charge in [-0.05, 0) is 43.9 Å². The van der Waals surface area contributed by atoms with Gasteiger partial charge in [-0.2, -0.15) is 0 Å². The lowest BCUT2D eigenvalue weighted by Gasteiger charge is -2.53. The van der Waals surface area contributed by atoms with Crippen LogP contribution in [0, 0.1) is 11.3 Å². The summed E-state index contributed by atoms with van der Waals surface area (Å²) < 4.78 is 1.87. The number of nitrogens with zero attached hydrogens (tertiary/aromatic N) is 4. The zero-order valence-corrected chi connectivity index (χ0v) is 16.0. The second-order valence-electron chi connectivity index (χ2n) is 7.93. The molecular weight excluding hydrogens is 332 g/mol. The van der Waals surface area contributed by atoms with Crippen molar-refractivity contribution in [1.82, 2.24) is 30.5 Å². The van der Waals surface area contributed by atoms with Crippen LogP contribution in [0.4, 0.5) is 4.79 Å². The molecule has 1 aliphatic heterocycles. The predicted octanol–water partition coefficient (Wildman–Crippen LogP) is 1.81. The Bertz CT molecular complexity index is 648. The van der Waals surface area contributed by atoms with Crippen LogP contribution in [-0.2, 0) is 0 Å². The first kappa shape index (κ1) is 18.7. The van der Waals surface area contributed by atoms with Crippen LogP contribution in [-0.4, -0.2) is 58.0 Å². The molecule has 1 atom stereocenters. The molecule has 1 saturated carbocycles. The van der Waals surface area contributed by atoms with Gasteiger partial charge in [-0.15, -0.1) is 5.10 Å². The van der Waals surface area contributed by atoms with Crippen LogP contribution >= 0.6 is 0 Å². The molecule has 8 heteroatoms. The third-order valence-corrected chi connectivity index (χ3v) is 5.73. The summed E-state index contributed by atoms with van der Waals surface area (Å²) in [6.07, 6.45) is 5.93. The van der Waals surface area contributed by atoms with E-state index < -0.39 is 0 Å². The molecule has 1 aromatic heterocycles. The van der Waals surface area contributed by atoms with Gasteiger partial charge >= 0.3 is 6.03 Å². The van der Waals surface area contributed by atoms with E-state index >= 15 is 0 Å². The van der Waals surface area contributed by atoms with Crippen LogP contribution < -0.4 is 10.6 Å². The number of aromatic nitrogens is 3. The van der Waals surface area contributed by atoms with E-state index in [0.29, 0.717) is 24.7 Å². The number of hydrogen-bond donors (Lipinski definition) is 2. The summed E-state index contributed by atoms with van der Waals surface area (Å²) in [4.78, 5) is 26.1. The lowest BCUT2D eigenvalue weighted by Crippen LogP contribution is -2.53. The van der Waals surface area contributed by atoms with Crippen LogP contribution in [0.1, 0.15) is 63.0 Å². The monoisotopic (exact) mass is 362 g/mol. The number of piperidine rings is 1. The molecule has 3 amide bonds.